The van der Waals surface area contributed by atoms with E-state index in [9.17, 15) is 9.18 Å². The maximum Gasteiger partial charge on any atom is 0.228 e. The van der Waals surface area contributed by atoms with Crippen LogP contribution in [0.15, 0.2) is 42.6 Å². The molecule has 0 bridgehead atoms. The lowest BCUT2D eigenvalue weighted by Gasteiger charge is -2.31. The SMILES string of the molecule is O=C(CC1CC2(CCOCC2)CO1)Nc1ccc(Oc2ccc(F)cc2)cn1. The molecule has 6 nitrogen and oxygen atoms in total. The Morgan fingerprint density at radius 2 is 1.93 bits per heavy atom. The summed E-state index contributed by atoms with van der Waals surface area (Å²) >= 11 is 0. The number of nitrogens with zero attached hydrogens (tertiary/aromatic N) is 1. The number of amides is 1. The molecule has 7 heteroatoms. The molecule has 1 amide bonds. The van der Waals surface area contributed by atoms with Crippen molar-refractivity contribution in [1.82, 2.24) is 4.98 Å². The topological polar surface area (TPSA) is 69.7 Å². The van der Waals surface area contributed by atoms with Gasteiger partial charge in [-0.1, -0.05) is 0 Å². The van der Waals surface area contributed by atoms with Crippen LogP contribution < -0.4 is 10.1 Å². The summed E-state index contributed by atoms with van der Waals surface area (Å²) in [6.07, 6.45) is 4.69. The van der Waals surface area contributed by atoms with Crippen molar-refractivity contribution in [3.63, 3.8) is 0 Å². The third kappa shape index (κ3) is 4.66. The van der Waals surface area contributed by atoms with Crippen molar-refractivity contribution in [3.05, 3.63) is 48.4 Å². The third-order valence-electron chi connectivity index (χ3n) is 5.31. The molecule has 1 aromatic carbocycles. The van der Waals surface area contributed by atoms with Crippen molar-refractivity contribution < 1.29 is 23.4 Å². The smallest absolute Gasteiger partial charge is 0.228 e. The summed E-state index contributed by atoms with van der Waals surface area (Å²) in [4.78, 5) is 16.5. The Morgan fingerprint density at radius 1 is 1.18 bits per heavy atom. The largest absolute Gasteiger partial charge is 0.456 e. The first-order chi connectivity index (χ1) is 13.6. The number of nitrogens with one attached hydrogen (secondary N) is 1. The summed E-state index contributed by atoms with van der Waals surface area (Å²) in [6.45, 7) is 2.26. The van der Waals surface area contributed by atoms with Crippen molar-refractivity contribution in [2.24, 2.45) is 5.41 Å². The fraction of sp³-hybridized carbons (Fsp3) is 0.429. The second-order valence-electron chi connectivity index (χ2n) is 7.44. The molecule has 0 aliphatic carbocycles. The van der Waals surface area contributed by atoms with E-state index in [1.54, 1.807) is 12.1 Å². The van der Waals surface area contributed by atoms with Crippen molar-refractivity contribution >= 4 is 11.7 Å². The summed E-state index contributed by atoms with van der Waals surface area (Å²) in [5, 5.41) is 2.80. The van der Waals surface area contributed by atoms with Crippen LogP contribution in [0.2, 0.25) is 0 Å². The van der Waals surface area contributed by atoms with Crippen LogP contribution >= 0.6 is 0 Å². The van der Waals surface area contributed by atoms with Crippen molar-refractivity contribution in [2.75, 3.05) is 25.1 Å². The van der Waals surface area contributed by atoms with E-state index in [1.807, 2.05) is 0 Å². The molecular weight excluding hydrogens is 363 g/mol. The van der Waals surface area contributed by atoms with E-state index in [1.165, 1.54) is 30.5 Å². The Morgan fingerprint density at radius 3 is 2.64 bits per heavy atom. The van der Waals surface area contributed by atoms with Crippen LogP contribution in [0.3, 0.4) is 0 Å². The molecule has 2 aliphatic rings. The molecule has 1 unspecified atom stereocenters. The van der Waals surface area contributed by atoms with Crippen LogP contribution in [-0.4, -0.2) is 36.8 Å². The minimum absolute atomic E-state index is 0.0563. The summed E-state index contributed by atoms with van der Waals surface area (Å²) in [6, 6.07) is 9.11. The van der Waals surface area contributed by atoms with Crippen LogP contribution in [0.4, 0.5) is 10.2 Å². The summed E-state index contributed by atoms with van der Waals surface area (Å²) in [5.41, 5.74) is 0.181. The van der Waals surface area contributed by atoms with Crippen LogP contribution in [0.5, 0.6) is 11.5 Å². The first-order valence-corrected chi connectivity index (χ1v) is 9.49. The number of ether oxygens (including phenoxy) is 3. The number of pyridine rings is 1. The van der Waals surface area contributed by atoms with Gasteiger partial charge in [-0.05, 0) is 55.7 Å². The Bertz CT molecular complexity index is 804. The first-order valence-electron chi connectivity index (χ1n) is 9.49. The number of halogens is 1. The predicted octanol–water partition coefficient (Wildman–Crippen LogP) is 3.93. The molecule has 2 aliphatic heterocycles. The van der Waals surface area contributed by atoms with E-state index in [-0.39, 0.29) is 23.2 Å². The molecule has 0 saturated carbocycles. The second kappa shape index (κ2) is 8.24. The van der Waals surface area contributed by atoms with E-state index in [2.05, 4.69) is 10.3 Å². The van der Waals surface area contributed by atoms with Crippen molar-refractivity contribution in [2.45, 2.75) is 31.8 Å². The highest BCUT2D eigenvalue weighted by Crippen LogP contribution is 2.42. The molecule has 1 spiro atoms. The van der Waals surface area contributed by atoms with Gasteiger partial charge in [0, 0.05) is 18.6 Å². The van der Waals surface area contributed by atoms with Crippen LogP contribution in [0.25, 0.3) is 0 Å². The molecule has 1 aromatic heterocycles. The highest BCUT2D eigenvalue weighted by atomic mass is 19.1. The molecule has 1 atom stereocenters. The van der Waals surface area contributed by atoms with E-state index in [0.29, 0.717) is 30.3 Å². The number of carbonyl (C=O) groups excluding carboxylic acids is 1. The van der Waals surface area contributed by atoms with Gasteiger partial charge in [0.25, 0.3) is 0 Å². The molecule has 148 valence electrons. The van der Waals surface area contributed by atoms with Gasteiger partial charge in [0.15, 0.2) is 0 Å². The molecule has 2 saturated heterocycles. The lowest BCUT2D eigenvalue weighted by Crippen LogP contribution is -2.30. The summed E-state index contributed by atoms with van der Waals surface area (Å²) in [5.74, 6) is 1.03. The zero-order valence-electron chi connectivity index (χ0n) is 15.5. The standard InChI is InChI=1S/C21H23FN2O4/c22-15-1-3-16(4-2-15)28-17-5-6-19(23-13-17)24-20(25)11-18-12-21(14-27-18)7-9-26-10-8-21/h1-6,13,18H,7-12,14H2,(H,23,24,25). The maximum absolute atomic E-state index is 12.9. The monoisotopic (exact) mass is 386 g/mol. The normalized spacial score (nSPS) is 20.8. The van der Waals surface area contributed by atoms with E-state index in [0.717, 1.165) is 32.5 Å². The fourth-order valence-electron chi connectivity index (χ4n) is 3.73. The third-order valence-corrected chi connectivity index (χ3v) is 5.31. The first kappa shape index (κ1) is 18.8. The van der Waals surface area contributed by atoms with Crippen LogP contribution in [0, 0.1) is 11.2 Å². The average Bonchev–Trinajstić information content (AvgIpc) is 3.07. The van der Waals surface area contributed by atoms with Crippen LogP contribution in [-0.2, 0) is 14.3 Å². The van der Waals surface area contributed by atoms with E-state index < -0.39 is 0 Å². The molecule has 0 radical (unpaired) electrons. The fourth-order valence-corrected chi connectivity index (χ4v) is 3.73. The van der Waals surface area contributed by atoms with Crippen LogP contribution in [0.1, 0.15) is 25.7 Å². The lowest BCUT2D eigenvalue weighted by atomic mass is 9.78. The maximum atomic E-state index is 12.9. The molecular formula is C21H23FN2O4. The number of rotatable bonds is 5. The summed E-state index contributed by atoms with van der Waals surface area (Å²) in [7, 11) is 0. The number of carbonyl (C=O) groups is 1. The molecule has 28 heavy (non-hydrogen) atoms. The Balaban J connectivity index is 1.27. The number of hydrogen-bond donors (Lipinski definition) is 1. The predicted molar refractivity (Wildman–Crippen MR) is 101 cm³/mol. The molecule has 3 heterocycles. The minimum atomic E-state index is -0.322. The van der Waals surface area contributed by atoms with Gasteiger partial charge in [-0.2, -0.15) is 0 Å². The Labute approximate surface area is 163 Å². The highest BCUT2D eigenvalue weighted by molar-refractivity contribution is 5.90. The molecule has 1 N–H and O–H groups in total. The quantitative estimate of drug-likeness (QED) is 0.843. The van der Waals surface area contributed by atoms with Gasteiger partial charge >= 0.3 is 0 Å². The van der Waals surface area contributed by atoms with Gasteiger partial charge in [-0.25, -0.2) is 9.37 Å². The molecule has 2 aromatic rings. The Hall–Kier alpha value is -2.51. The highest BCUT2D eigenvalue weighted by Gasteiger charge is 2.41. The van der Waals surface area contributed by atoms with Gasteiger partial charge in [0.2, 0.25) is 5.91 Å². The van der Waals surface area contributed by atoms with Gasteiger partial charge in [-0.3, -0.25) is 4.79 Å². The average molecular weight is 386 g/mol. The number of benzene rings is 1. The number of hydrogen-bond acceptors (Lipinski definition) is 5. The molecule has 2 fully saturated rings. The zero-order chi connectivity index (χ0) is 19.4. The van der Waals surface area contributed by atoms with Crippen molar-refractivity contribution in [3.8, 4) is 11.5 Å². The molecule has 4 rings (SSSR count). The minimum Gasteiger partial charge on any atom is -0.456 e. The summed E-state index contributed by atoms with van der Waals surface area (Å²) < 4.78 is 29.8. The van der Waals surface area contributed by atoms with Gasteiger partial charge in [-0.15, -0.1) is 0 Å². The zero-order valence-corrected chi connectivity index (χ0v) is 15.5. The van der Waals surface area contributed by atoms with Crippen molar-refractivity contribution in [1.29, 1.82) is 0 Å². The number of aromatic nitrogens is 1. The van der Waals surface area contributed by atoms with E-state index >= 15 is 0 Å². The lowest BCUT2D eigenvalue weighted by molar-refractivity contribution is -0.118. The second-order valence-corrected chi connectivity index (χ2v) is 7.44. The van der Waals surface area contributed by atoms with Gasteiger partial charge in [0.1, 0.15) is 23.1 Å². The number of anilines is 1. The Kier molecular flexibility index (Phi) is 5.54. The van der Waals surface area contributed by atoms with Gasteiger partial charge < -0.3 is 19.5 Å². The van der Waals surface area contributed by atoms with Gasteiger partial charge in [0.05, 0.1) is 25.3 Å². The van der Waals surface area contributed by atoms with E-state index in [4.69, 9.17) is 14.2 Å².